The van der Waals surface area contributed by atoms with Crippen LogP contribution in [-0.2, 0) is 29.7 Å². The summed E-state index contributed by atoms with van der Waals surface area (Å²) in [6, 6.07) is 4.90. The molecule has 0 bridgehead atoms. The number of hydrogen-bond donors (Lipinski definition) is 1. The van der Waals surface area contributed by atoms with Crippen molar-refractivity contribution in [3.05, 3.63) is 74.1 Å². The number of benzene rings is 1. The van der Waals surface area contributed by atoms with E-state index >= 15 is 0 Å². The number of nitrogens with zero attached hydrogens (tertiary/aromatic N) is 4. The van der Waals surface area contributed by atoms with E-state index in [0.29, 0.717) is 11.4 Å². The van der Waals surface area contributed by atoms with Crippen molar-refractivity contribution in [3.63, 3.8) is 0 Å². The zero-order chi connectivity index (χ0) is 25.3. The predicted octanol–water partition coefficient (Wildman–Crippen LogP) is 1.90. The van der Waals surface area contributed by atoms with Gasteiger partial charge in [0.1, 0.15) is 16.8 Å². The second-order valence-electron chi connectivity index (χ2n) is 7.42. The summed E-state index contributed by atoms with van der Waals surface area (Å²) in [5.41, 5.74) is -0.963. The Morgan fingerprint density at radius 3 is 2.60 bits per heavy atom. The minimum atomic E-state index is -1.23. The highest BCUT2D eigenvalue weighted by atomic mass is 32.2. The van der Waals surface area contributed by atoms with Crippen molar-refractivity contribution in [1.29, 1.82) is 0 Å². The smallest absolute Gasteiger partial charge is 0.332 e. The van der Waals surface area contributed by atoms with Gasteiger partial charge < -0.3 is 14.6 Å². The summed E-state index contributed by atoms with van der Waals surface area (Å²) < 4.78 is 39.7. The summed E-state index contributed by atoms with van der Waals surface area (Å²) in [7, 11) is 2.84. The van der Waals surface area contributed by atoms with Crippen molar-refractivity contribution in [1.82, 2.24) is 14.1 Å². The Balaban J connectivity index is 1.58. The standard InChI is InChI=1S/C22H18F2N4O6S/c1-27-19-18(20(30)28(22(27)32)9-12-5-13(23)17(29)14(24)6-12)35-15(8-26-19)21(31)34-10-11-3-4-25-16(7-11)33-2/h3-8,15,29H,9-10H2,1-2H3. The number of hydrogen-bond acceptors (Lipinski definition) is 9. The third-order valence-corrected chi connectivity index (χ3v) is 6.26. The van der Waals surface area contributed by atoms with Crippen molar-refractivity contribution in [3.8, 4) is 11.6 Å². The molecule has 3 aromatic rings. The molecule has 0 saturated heterocycles. The number of rotatable bonds is 6. The Bertz CT molecular complexity index is 1450. The molecule has 0 aliphatic carbocycles. The normalized spacial score (nSPS) is 14.5. The number of phenolic OH excluding ortho intramolecular Hbond substituents is 1. The molecule has 4 rings (SSSR count). The number of ether oxygens (including phenoxy) is 2. The molecule has 1 aliphatic rings. The zero-order valence-electron chi connectivity index (χ0n) is 18.4. The number of pyridine rings is 1. The van der Waals surface area contributed by atoms with Gasteiger partial charge in [-0.05, 0) is 29.3 Å². The third-order valence-electron chi connectivity index (χ3n) is 5.09. The SMILES string of the molecule is COc1cc(COC(=O)C2C=Nc3c(c(=O)n(Cc4cc(F)c(O)c(F)c4)c(=O)n3C)S2)ccn1. The Kier molecular flexibility index (Phi) is 6.69. The first-order valence-corrected chi connectivity index (χ1v) is 10.9. The minimum absolute atomic E-state index is 0.00172. The lowest BCUT2D eigenvalue weighted by molar-refractivity contribution is -0.142. The molecule has 3 heterocycles. The molecule has 2 aromatic heterocycles. The fraction of sp³-hybridized carbons (Fsp3) is 0.227. The van der Waals surface area contributed by atoms with Crippen LogP contribution < -0.4 is 16.0 Å². The molecule has 182 valence electrons. The fourth-order valence-corrected chi connectivity index (χ4v) is 4.35. The maximum absolute atomic E-state index is 13.7. The van der Waals surface area contributed by atoms with E-state index in [9.17, 15) is 28.3 Å². The summed E-state index contributed by atoms with van der Waals surface area (Å²) in [5, 5.41) is 8.31. The van der Waals surface area contributed by atoms with Crippen LogP contribution in [0.25, 0.3) is 0 Å². The lowest BCUT2D eigenvalue weighted by Gasteiger charge is -2.20. The number of esters is 1. The van der Waals surface area contributed by atoms with Gasteiger partial charge in [-0.3, -0.25) is 18.7 Å². The summed E-state index contributed by atoms with van der Waals surface area (Å²) >= 11 is 0.849. The molecule has 35 heavy (non-hydrogen) atoms. The quantitative estimate of drug-likeness (QED) is 0.505. The third kappa shape index (κ3) is 4.80. The van der Waals surface area contributed by atoms with E-state index < -0.39 is 46.4 Å². The Hall–Kier alpha value is -4.00. The van der Waals surface area contributed by atoms with E-state index in [1.54, 1.807) is 12.1 Å². The molecular formula is C22H18F2N4O6S. The van der Waals surface area contributed by atoms with Gasteiger partial charge >= 0.3 is 11.7 Å². The van der Waals surface area contributed by atoms with E-state index in [1.807, 2.05) is 0 Å². The van der Waals surface area contributed by atoms with E-state index in [1.165, 1.54) is 26.6 Å². The topological polar surface area (TPSA) is 125 Å². The van der Waals surface area contributed by atoms with Crippen molar-refractivity contribution in [2.45, 2.75) is 23.3 Å². The summed E-state index contributed by atoms with van der Waals surface area (Å²) in [6.45, 7) is -0.527. The lowest BCUT2D eigenvalue weighted by Crippen LogP contribution is -2.41. The summed E-state index contributed by atoms with van der Waals surface area (Å²) in [5.74, 6) is -3.87. The maximum atomic E-state index is 13.7. The lowest BCUT2D eigenvalue weighted by atomic mass is 10.2. The van der Waals surface area contributed by atoms with Gasteiger partial charge in [-0.2, -0.15) is 0 Å². The van der Waals surface area contributed by atoms with Crippen LogP contribution in [0.2, 0.25) is 0 Å². The molecule has 10 nitrogen and oxygen atoms in total. The van der Waals surface area contributed by atoms with Gasteiger partial charge in [0.15, 0.2) is 23.2 Å². The monoisotopic (exact) mass is 504 g/mol. The summed E-state index contributed by atoms with van der Waals surface area (Å²) in [4.78, 5) is 46.5. The largest absolute Gasteiger partial charge is 0.503 e. The van der Waals surface area contributed by atoms with Crippen molar-refractivity contribution in [2.75, 3.05) is 7.11 Å². The second kappa shape index (κ2) is 9.70. The van der Waals surface area contributed by atoms with E-state index in [4.69, 9.17) is 9.47 Å². The van der Waals surface area contributed by atoms with Crippen LogP contribution in [-0.4, -0.2) is 43.8 Å². The number of carbonyl (C=O) groups excluding carboxylic acids is 1. The van der Waals surface area contributed by atoms with Crippen LogP contribution in [0.15, 0.2) is 49.9 Å². The molecule has 1 N–H and O–H groups in total. The van der Waals surface area contributed by atoms with Crippen LogP contribution >= 0.6 is 11.8 Å². The van der Waals surface area contributed by atoms with E-state index in [2.05, 4.69) is 9.98 Å². The van der Waals surface area contributed by atoms with Crippen LogP contribution in [0.4, 0.5) is 14.6 Å². The average Bonchev–Trinajstić information content (AvgIpc) is 2.86. The molecule has 1 aromatic carbocycles. The first-order chi connectivity index (χ1) is 16.7. The Labute approximate surface area is 200 Å². The van der Waals surface area contributed by atoms with Gasteiger partial charge in [-0.25, -0.2) is 23.6 Å². The molecule has 0 saturated carbocycles. The number of phenols is 1. The van der Waals surface area contributed by atoms with E-state index in [-0.39, 0.29) is 22.9 Å². The van der Waals surface area contributed by atoms with Crippen molar-refractivity contribution in [2.24, 2.45) is 12.0 Å². The number of aliphatic imine (C=N–C) groups is 1. The Morgan fingerprint density at radius 1 is 1.20 bits per heavy atom. The first kappa shape index (κ1) is 24.1. The zero-order valence-corrected chi connectivity index (χ0v) is 19.2. The van der Waals surface area contributed by atoms with E-state index in [0.717, 1.165) is 33.0 Å². The van der Waals surface area contributed by atoms with Gasteiger partial charge in [0.05, 0.1) is 13.7 Å². The number of aromatic hydroxyl groups is 1. The van der Waals surface area contributed by atoms with Crippen LogP contribution in [0, 0.1) is 11.6 Å². The average molecular weight is 504 g/mol. The van der Waals surface area contributed by atoms with Crippen LogP contribution in [0.5, 0.6) is 11.6 Å². The second-order valence-corrected chi connectivity index (χ2v) is 8.58. The highest BCUT2D eigenvalue weighted by Crippen LogP contribution is 2.32. The molecular weight excluding hydrogens is 486 g/mol. The number of aromatic nitrogens is 3. The van der Waals surface area contributed by atoms with Gasteiger partial charge in [-0.1, -0.05) is 11.8 Å². The molecule has 1 aliphatic heterocycles. The number of carbonyl (C=O) groups is 1. The highest BCUT2D eigenvalue weighted by molar-refractivity contribution is 8.01. The fourth-order valence-electron chi connectivity index (χ4n) is 3.30. The molecule has 13 heteroatoms. The number of methoxy groups -OCH3 is 1. The molecule has 0 radical (unpaired) electrons. The van der Waals surface area contributed by atoms with Crippen molar-refractivity contribution < 1.29 is 28.2 Å². The molecule has 0 amide bonds. The minimum Gasteiger partial charge on any atom is -0.503 e. The number of fused-ring (bicyclic) bond motifs is 1. The summed E-state index contributed by atoms with van der Waals surface area (Å²) in [6.07, 6.45) is 2.78. The number of halogens is 2. The maximum Gasteiger partial charge on any atom is 0.332 e. The van der Waals surface area contributed by atoms with Crippen LogP contribution in [0.1, 0.15) is 11.1 Å². The molecule has 0 spiro atoms. The van der Waals surface area contributed by atoms with Gasteiger partial charge in [0.2, 0.25) is 5.88 Å². The molecule has 0 fully saturated rings. The van der Waals surface area contributed by atoms with Crippen molar-refractivity contribution >= 4 is 29.8 Å². The van der Waals surface area contributed by atoms with Gasteiger partial charge in [-0.15, -0.1) is 0 Å². The number of thioether (sulfide) groups is 1. The highest BCUT2D eigenvalue weighted by Gasteiger charge is 2.29. The van der Waals surface area contributed by atoms with Crippen LogP contribution in [0.3, 0.4) is 0 Å². The molecule has 1 unspecified atom stereocenters. The van der Waals surface area contributed by atoms with Gasteiger partial charge in [0, 0.05) is 25.5 Å². The predicted molar refractivity (Wildman–Crippen MR) is 121 cm³/mol. The first-order valence-electron chi connectivity index (χ1n) is 10.1. The Morgan fingerprint density at radius 2 is 1.91 bits per heavy atom. The molecule has 1 atom stereocenters. The van der Waals surface area contributed by atoms with Gasteiger partial charge in [0.25, 0.3) is 5.56 Å².